The minimum absolute atomic E-state index is 0.0233. The highest BCUT2D eigenvalue weighted by Gasteiger charge is 2.34. The molecule has 0 amide bonds. The number of carbonyl (C=O) groups is 1. The third-order valence-corrected chi connectivity index (χ3v) is 4.62. The van der Waals surface area contributed by atoms with Crippen LogP contribution in [0.15, 0.2) is 34.3 Å². The summed E-state index contributed by atoms with van der Waals surface area (Å²) in [5.74, 6) is 1.04. The Bertz CT molecular complexity index is 578. The third-order valence-electron chi connectivity index (χ3n) is 3.75. The van der Waals surface area contributed by atoms with Gasteiger partial charge in [-0.1, -0.05) is 37.7 Å². The van der Waals surface area contributed by atoms with Gasteiger partial charge in [0.15, 0.2) is 0 Å². The topological polar surface area (TPSA) is 62.1 Å². The van der Waals surface area contributed by atoms with Gasteiger partial charge in [-0.2, -0.15) is 0 Å². The molecule has 0 radical (unpaired) electrons. The number of thioether (sulfide) groups is 1. The van der Waals surface area contributed by atoms with Crippen LogP contribution >= 0.6 is 11.8 Å². The molecular formula is C17H24N2O3S. The van der Waals surface area contributed by atoms with E-state index in [1.807, 2.05) is 11.8 Å². The minimum atomic E-state index is 0.0233. The molecule has 0 fully saturated rings. The van der Waals surface area contributed by atoms with Gasteiger partial charge in [0.25, 0.3) is 0 Å². The van der Waals surface area contributed by atoms with Crippen LogP contribution in [0.3, 0.4) is 0 Å². The lowest BCUT2D eigenvalue weighted by molar-refractivity contribution is -0.111. The lowest BCUT2D eigenvalue weighted by Crippen LogP contribution is -2.36. The number of rotatable bonds is 4. The van der Waals surface area contributed by atoms with Crippen molar-refractivity contribution in [1.29, 1.82) is 0 Å². The fourth-order valence-electron chi connectivity index (χ4n) is 2.24. The lowest BCUT2D eigenvalue weighted by Gasteiger charge is -2.25. The smallest absolute Gasteiger partial charge is 0.212 e. The number of hydrogen-bond donors (Lipinski definition) is 1. The average Bonchev–Trinajstić information content (AvgIpc) is 2.97. The van der Waals surface area contributed by atoms with Crippen LogP contribution in [0.5, 0.6) is 5.75 Å². The summed E-state index contributed by atoms with van der Waals surface area (Å²) >= 11 is 1.17. The van der Waals surface area contributed by atoms with E-state index in [9.17, 15) is 9.90 Å². The molecule has 126 valence electrons. The maximum Gasteiger partial charge on any atom is 0.212 e. The van der Waals surface area contributed by atoms with E-state index < -0.39 is 0 Å². The van der Waals surface area contributed by atoms with Crippen molar-refractivity contribution < 1.29 is 14.7 Å². The Morgan fingerprint density at radius 2 is 2.04 bits per heavy atom. The fraction of sp³-hybridized carbons (Fsp3) is 0.529. The Labute approximate surface area is 141 Å². The summed E-state index contributed by atoms with van der Waals surface area (Å²) in [6, 6.07) is 6.63. The van der Waals surface area contributed by atoms with E-state index in [1.165, 1.54) is 11.8 Å². The number of benzene rings is 1. The number of carbonyl (C=O) groups excluding carboxylic acids is 1. The van der Waals surface area contributed by atoms with Crippen molar-refractivity contribution in [2.24, 2.45) is 10.6 Å². The van der Waals surface area contributed by atoms with Crippen molar-refractivity contribution in [1.82, 2.24) is 4.90 Å². The molecule has 1 N–H and O–H groups in total. The summed E-state index contributed by atoms with van der Waals surface area (Å²) in [7, 11) is 0. The predicted octanol–water partition coefficient (Wildman–Crippen LogP) is 3.48. The molecular weight excluding hydrogens is 312 g/mol. The summed E-state index contributed by atoms with van der Waals surface area (Å²) in [6.07, 6.45) is 0.778. The van der Waals surface area contributed by atoms with Crippen LogP contribution in [0.25, 0.3) is 0 Å². The largest absolute Gasteiger partial charge is 0.508 e. The van der Waals surface area contributed by atoms with E-state index in [0.29, 0.717) is 13.1 Å². The van der Waals surface area contributed by atoms with Crippen LogP contribution in [-0.2, 0) is 9.63 Å². The Morgan fingerprint density at radius 1 is 1.39 bits per heavy atom. The molecule has 1 unspecified atom stereocenters. The lowest BCUT2D eigenvalue weighted by atomic mass is 9.87. The zero-order valence-electron chi connectivity index (χ0n) is 14.1. The van der Waals surface area contributed by atoms with E-state index in [2.05, 4.69) is 25.9 Å². The number of aromatic hydroxyl groups is 1. The standard InChI is InChI=1S/C17H24N2O3S/c1-5-19(15-10-14(22-18-15)17(2,3)4)11-16(21)23-13-8-6-12(20)7-9-13/h6-9,14,20H,5,10-11H2,1-4H3. The summed E-state index contributed by atoms with van der Waals surface area (Å²) in [4.78, 5) is 20.6. The summed E-state index contributed by atoms with van der Waals surface area (Å²) < 4.78 is 0. The zero-order valence-corrected chi connectivity index (χ0v) is 14.9. The van der Waals surface area contributed by atoms with E-state index in [0.717, 1.165) is 17.2 Å². The molecule has 0 aliphatic carbocycles. The molecule has 1 aliphatic rings. The Kier molecular flexibility index (Phi) is 5.57. The zero-order chi connectivity index (χ0) is 17.0. The highest BCUT2D eigenvalue weighted by atomic mass is 32.2. The van der Waals surface area contributed by atoms with E-state index in [1.54, 1.807) is 24.3 Å². The number of phenols is 1. The molecule has 2 rings (SSSR count). The molecule has 1 heterocycles. The number of oxime groups is 1. The first-order valence-corrected chi connectivity index (χ1v) is 8.58. The SMILES string of the molecule is CCN(CC(=O)Sc1ccc(O)cc1)C1=NOC(C(C)(C)C)C1. The normalized spacial score (nSPS) is 17.6. The van der Waals surface area contributed by atoms with Crippen molar-refractivity contribution in [3.63, 3.8) is 0 Å². The van der Waals surface area contributed by atoms with Gasteiger partial charge in [-0.15, -0.1) is 0 Å². The Hall–Kier alpha value is -1.69. The second-order valence-corrected chi connectivity index (χ2v) is 7.78. The molecule has 1 atom stereocenters. The predicted molar refractivity (Wildman–Crippen MR) is 92.6 cm³/mol. The van der Waals surface area contributed by atoms with E-state index in [-0.39, 0.29) is 22.4 Å². The summed E-state index contributed by atoms with van der Waals surface area (Å²) in [6.45, 7) is 9.38. The third kappa shape index (κ3) is 4.89. The Balaban J connectivity index is 1.92. The Morgan fingerprint density at radius 3 is 2.57 bits per heavy atom. The van der Waals surface area contributed by atoms with Crippen LogP contribution in [0.4, 0.5) is 0 Å². The van der Waals surface area contributed by atoms with E-state index >= 15 is 0 Å². The van der Waals surface area contributed by atoms with Crippen LogP contribution in [0.2, 0.25) is 0 Å². The number of hydrogen-bond acceptors (Lipinski definition) is 6. The number of nitrogens with zero attached hydrogens (tertiary/aromatic N) is 2. The maximum atomic E-state index is 12.3. The first kappa shape index (κ1) is 17.7. The number of likely N-dealkylation sites (N-methyl/N-ethyl adjacent to an activating group) is 1. The molecule has 1 aliphatic heterocycles. The van der Waals surface area contributed by atoms with Gasteiger partial charge in [-0.3, -0.25) is 4.79 Å². The number of phenolic OH excluding ortho intramolecular Hbond substituents is 1. The summed E-state index contributed by atoms with van der Waals surface area (Å²) in [5.41, 5.74) is 0.0233. The molecule has 1 aromatic carbocycles. The van der Waals surface area contributed by atoms with Gasteiger partial charge >= 0.3 is 0 Å². The monoisotopic (exact) mass is 336 g/mol. The molecule has 23 heavy (non-hydrogen) atoms. The molecule has 0 bridgehead atoms. The van der Waals surface area contributed by atoms with Gasteiger partial charge in [-0.25, -0.2) is 0 Å². The van der Waals surface area contributed by atoms with Crippen LogP contribution < -0.4 is 0 Å². The van der Waals surface area contributed by atoms with E-state index in [4.69, 9.17) is 4.84 Å². The molecule has 6 heteroatoms. The van der Waals surface area contributed by atoms with Gasteiger partial charge in [-0.05, 0) is 31.2 Å². The van der Waals surface area contributed by atoms with Crippen molar-refractivity contribution in [3.8, 4) is 5.75 Å². The van der Waals surface area contributed by atoms with Crippen LogP contribution in [0, 0.1) is 5.41 Å². The molecule has 1 aromatic rings. The minimum Gasteiger partial charge on any atom is -0.508 e. The van der Waals surface area contributed by atoms with Gasteiger partial charge in [0.05, 0.1) is 6.54 Å². The highest BCUT2D eigenvalue weighted by molar-refractivity contribution is 8.13. The first-order valence-electron chi connectivity index (χ1n) is 7.77. The molecule has 0 spiro atoms. The van der Waals surface area contributed by atoms with Gasteiger partial charge in [0.1, 0.15) is 17.7 Å². The highest BCUT2D eigenvalue weighted by Crippen LogP contribution is 2.30. The summed E-state index contributed by atoms with van der Waals surface area (Å²) in [5, 5.41) is 13.5. The quantitative estimate of drug-likeness (QED) is 0.853. The second-order valence-electron chi connectivity index (χ2n) is 6.65. The van der Waals surface area contributed by atoms with Crippen LogP contribution in [0.1, 0.15) is 34.1 Å². The maximum absolute atomic E-state index is 12.3. The van der Waals surface area contributed by atoms with Crippen molar-refractivity contribution in [3.05, 3.63) is 24.3 Å². The molecule has 0 saturated carbocycles. The first-order chi connectivity index (χ1) is 10.8. The van der Waals surface area contributed by atoms with Gasteiger partial charge < -0.3 is 14.8 Å². The van der Waals surface area contributed by atoms with Gasteiger partial charge in [0.2, 0.25) is 5.12 Å². The van der Waals surface area contributed by atoms with Crippen LogP contribution in [-0.4, -0.2) is 40.2 Å². The number of amidine groups is 1. The average molecular weight is 336 g/mol. The van der Waals surface area contributed by atoms with Crippen molar-refractivity contribution in [2.45, 2.75) is 45.1 Å². The van der Waals surface area contributed by atoms with Gasteiger partial charge in [0, 0.05) is 23.3 Å². The second kappa shape index (κ2) is 7.25. The molecule has 0 aromatic heterocycles. The fourth-order valence-corrected chi connectivity index (χ4v) is 2.99. The van der Waals surface area contributed by atoms with Crippen molar-refractivity contribution >= 4 is 22.7 Å². The molecule has 0 saturated heterocycles. The molecule has 5 nitrogen and oxygen atoms in total. The van der Waals surface area contributed by atoms with Crippen molar-refractivity contribution in [2.75, 3.05) is 13.1 Å².